The summed E-state index contributed by atoms with van der Waals surface area (Å²) in [5.41, 5.74) is 0.550. The highest BCUT2D eigenvalue weighted by Crippen LogP contribution is 2.27. The molecule has 152 valence electrons. The van der Waals surface area contributed by atoms with Gasteiger partial charge >= 0.3 is 6.03 Å². The quantitative estimate of drug-likeness (QED) is 0.789. The molecule has 8 nitrogen and oxygen atoms in total. The standard InChI is InChI=1S/C19H24N2O6S/c1-25-16-10-14(11-17(12-16)26-2)20-19(22)21-7-5-18(6-8-21)28(23,24)13-15-4-3-9-27-15/h3-4,9-12,18H,5-8,13H2,1-2H3,(H,20,22). The van der Waals surface area contributed by atoms with E-state index in [2.05, 4.69) is 5.32 Å². The molecular formula is C19H24N2O6S. The second-order valence-electron chi connectivity index (χ2n) is 6.60. The number of benzene rings is 1. The number of urea groups is 1. The monoisotopic (exact) mass is 408 g/mol. The van der Waals surface area contributed by atoms with Gasteiger partial charge in [-0.2, -0.15) is 0 Å². The number of amides is 2. The summed E-state index contributed by atoms with van der Waals surface area (Å²) >= 11 is 0. The van der Waals surface area contributed by atoms with Gasteiger partial charge in [0.15, 0.2) is 9.84 Å². The van der Waals surface area contributed by atoms with Gasteiger partial charge in [0.05, 0.1) is 25.7 Å². The van der Waals surface area contributed by atoms with Crippen molar-refractivity contribution < 1.29 is 27.1 Å². The Bertz CT molecular complexity index is 880. The molecule has 1 saturated heterocycles. The van der Waals surface area contributed by atoms with Crippen molar-refractivity contribution in [2.24, 2.45) is 0 Å². The molecule has 9 heteroatoms. The molecule has 0 saturated carbocycles. The maximum absolute atomic E-state index is 12.6. The van der Waals surface area contributed by atoms with Crippen molar-refractivity contribution in [3.05, 3.63) is 42.4 Å². The number of methoxy groups -OCH3 is 2. The summed E-state index contributed by atoms with van der Waals surface area (Å²) in [7, 11) is -0.245. The largest absolute Gasteiger partial charge is 0.497 e. The third-order valence-electron chi connectivity index (χ3n) is 4.76. The Morgan fingerprint density at radius 3 is 2.36 bits per heavy atom. The van der Waals surface area contributed by atoms with Crippen LogP contribution in [0.4, 0.5) is 10.5 Å². The lowest BCUT2D eigenvalue weighted by Crippen LogP contribution is -2.44. The van der Waals surface area contributed by atoms with E-state index in [1.165, 1.54) is 20.5 Å². The number of rotatable bonds is 6. The minimum absolute atomic E-state index is 0.111. The van der Waals surface area contributed by atoms with Gasteiger partial charge in [0.1, 0.15) is 23.0 Å². The molecule has 1 aromatic heterocycles. The number of ether oxygens (including phenoxy) is 2. The van der Waals surface area contributed by atoms with E-state index in [1.54, 1.807) is 35.2 Å². The Morgan fingerprint density at radius 2 is 1.82 bits per heavy atom. The molecule has 0 atom stereocenters. The number of nitrogens with one attached hydrogen (secondary N) is 1. The number of hydrogen-bond acceptors (Lipinski definition) is 6. The highest BCUT2D eigenvalue weighted by atomic mass is 32.2. The van der Waals surface area contributed by atoms with Crippen molar-refractivity contribution in [3.63, 3.8) is 0 Å². The first kappa shape index (κ1) is 20.1. The maximum Gasteiger partial charge on any atom is 0.321 e. The molecule has 0 radical (unpaired) electrons. The number of anilines is 1. The van der Waals surface area contributed by atoms with Gasteiger partial charge in [0.2, 0.25) is 0 Å². The number of carbonyl (C=O) groups excluding carboxylic acids is 1. The smallest absolute Gasteiger partial charge is 0.321 e. The van der Waals surface area contributed by atoms with Crippen LogP contribution < -0.4 is 14.8 Å². The molecule has 1 fully saturated rings. The molecule has 2 aromatic rings. The van der Waals surface area contributed by atoms with Gasteiger partial charge in [-0.05, 0) is 25.0 Å². The lowest BCUT2D eigenvalue weighted by molar-refractivity contribution is 0.200. The number of sulfone groups is 1. The first-order chi connectivity index (χ1) is 13.4. The van der Waals surface area contributed by atoms with Gasteiger partial charge in [-0.1, -0.05) is 0 Å². The predicted octanol–water partition coefficient (Wildman–Crippen LogP) is 2.91. The van der Waals surface area contributed by atoms with Crippen LogP contribution in [-0.2, 0) is 15.6 Å². The van der Waals surface area contributed by atoms with Gasteiger partial charge in [-0.25, -0.2) is 13.2 Å². The molecule has 3 rings (SSSR count). The summed E-state index contributed by atoms with van der Waals surface area (Å²) in [5, 5.41) is 2.34. The van der Waals surface area contributed by atoms with Crippen LogP contribution in [0.2, 0.25) is 0 Å². The van der Waals surface area contributed by atoms with E-state index in [0.717, 1.165) is 0 Å². The average Bonchev–Trinajstić information content (AvgIpc) is 3.20. The van der Waals surface area contributed by atoms with Crippen molar-refractivity contribution in [1.29, 1.82) is 0 Å². The third-order valence-corrected chi connectivity index (χ3v) is 6.94. The van der Waals surface area contributed by atoms with Crippen molar-refractivity contribution in [2.45, 2.75) is 23.8 Å². The van der Waals surface area contributed by atoms with Crippen LogP contribution in [0.5, 0.6) is 11.5 Å². The van der Waals surface area contributed by atoms with Crippen LogP contribution in [0.1, 0.15) is 18.6 Å². The number of likely N-dealkylation sites (tertiary alicyclic amines) is 1. The maximum atomic E-state index is 12.6. The van der Waals surface area contributed by atoms with E-state index >= 15 is 0 Å². The lowest BCUT2D eigenvalue weighted by Gasteiger charge is -2.31. The fraction of sp³-hybridized carbons (Fsp3) is 0.421. The highest BCUT2D eigenvalue weighted by Gasteiger charge is 2.32. The summed E-state index contributed by atoms with van der Waals surface area (Å²) in [6.07, 6.45) is 2.27. The first-order valence-corrected chi connectivity index (χ1v) is 10.7. The van der Waals surface area contributed by atoms with Crippen LogP contribution >= 0.6 is 0 Å². The fourth-order valence-electron chi connectivity index (χ4n) is 3.21. The molecule has 0 aliphatic carbocycles. The molecule has 1 aliphatic heterocycles. The van der Waals surface area contributed by atoms with Gasteiger partial charge in [-0.3, -0.25) is 0 Å². The Balaban J connectivity index is 1.58. The minimum atomic E-state index is -3.32. The lowest BCUT2D eigenvalue weighted by atomic mass is 10.1. The zero-order valence-electron chi connectivity index (χ0n) is 15.9. The van der Waals surface area contributed by atoms with Crippen LogP contribution in [0.15, 0.2) is 41.0 Å². The Kier molecular flexibility index (Phi) is 6.13. The molecule has 2 amide bonds. The van der Waals surface area contributed by atoms with Crippen molar-refractivity contribution in [3.8, 4) is 11.5 Å². The molecule has 1 aromatic carbocycles. The average molecular weight is 408 g/mol. The SMILES string of the molecule is COc1cc(NC(=O)N2CCC(S(=O)(=O)Cc3ccco3)CC2)cc(OC)c1. The molecule has 28 heavy (non-hydrogen) atoms. The van der Waals surface area contributed by atoms with E-state index in [4.69, 9.17) is 13.9 Å². The van der Waals surface area contributed by atoms with E-state index in [9.17, 15) is 13.2 Å². The fourth-order valence-corrected chi connectivity index (χ4v) is 4.94. The summed E-state index contributed by atoms with van der Waals surface area (Å²) < 4.78 is 40.7. The second-order valence-corrected chi connectivity index (χ2v) is 8.89. The molecule has 2 heterocycles. The Labute approximate surface area is 164 Å². The van der Waals surface area contributed by atoms with Gasteiger partial charge in [0, 0.05) is 37.0 Å². The number of carbonyl (C=O) groups is 1. The van der Waals surface area contributed by atoms with E-state index < -0.39 is 15.1 Å². The van der Waals surface area contributed by atoms with Crippen LogP contribution in [0, 0.1) is 0 Å². The molecular weight excluding hydrogens is 384 g/mol. The normalized spacial score (nSPS) is 15.3. The minimum Gasteiger partial charge on any atom is -0.497 e. The molecule has 1 aliphatic rings. The molecule has 1 N–H and O–H groups in total. The van der Waals surface area contributed by atoms with Crippen molar-refractivity contribution in [2.75, 3.05) is 32.6 Å². The Hall–Kier alpha value is -2.68. The summed E-state index contributed by atoms with van der Waals surface area (Å²) in [6, 6.07) is 8.15. The van der Waals surface area contributed by atoms with Gasteiger partial charge < -0.3 is 24.1 Å². The highest BCUT2D eigenvalue weighted by molar-refractivity contribution is 7.91. The van der Waals surface area contributed by atoms with Crippen LogP contribution in [0.25, 0.3) is 0 Å². The summed E-state index contributed by atoms with van der Waals surface area (Å²) in [6.45, 7) is 0.740. The second kappa shape index (κ2) is 8.55. The van der Waals surface area contributed by atoms with Gasteiger partial charge in [0.25, 0.3) is 0 Å². The zero-order chi connectivity index (χ0) is 20.1. The summed E-state index contributed by atoms with van der Waals surface area (Å²) in [4.78, 5) is 14.2. The number of nitrogens with zero attached hydrogens (tertiary/aromatic N) is 1. The predicted molar refractivity (Wildman–Crippen MR) is 104 cm³/mol. The van der Waals surface area contributed by atoms with E-state index in [-0.39, 0.29) is 11.8 Å². The zero-order valence-corrected chi connectivity index (χ0v) is 16.7. The number of furan rings is 1. The Morgan fingerprint density at radius 1 is 1.18 bits per heavy atom. The van der Waals surface area contributed by atoms with Crippen molar-refractivity contribution >= 4 is 21.6 Å². The molecule has 0 spiro atoms. The topological polar surface area (TPSA) is 98.1 Å². The van der Waals surface area contributed by atoms with Crippen LogP contribution in [0.3, 0.4) is 0 Å². The number of piperidine rings is 1. The first-order valence-electron chi connectivity index (χ1n) is 8.94. The number of hydrogen-bond donors (Lipinski definition) is 1. The van der Waals surface area contributed by atoms with E-state index in [1.807, 2.05) is 0 Å². The molecule has 0 bridgehead atoms. The van der Waals surface area contributed by atoms with E-state index in [0.29, 0.717) is 48.9 Å². The molecule has 0 unspecified atom stereocenters. The third kappa shape index (κ3) is 4.78. The van der Waals surface area contributed by atoms with Crippen molar-refractivity contribution in [1.82, 2.24) is 4.90 Å². The van der Waals surface area contributed by atoms with Gasteiger partial charge in [-0.15, -0.1) is 0 Å². The van der Waals surface area contributed by atoms with Crippen LogP contribution in [-0.4, -0.2) is 51.9 Å². The summed E-state index contributed by atoms with van der Waals surface area (Å²) in [5.74, 6) is 1.46.